The number of rotatable bonds is 2. The summed E-state index contributed by atoms with van der Waals surface area (Å²) in [5, 5.41) is 19.1. The summed E-state index contributed by atoms with van der Waals surface area (Å²) in [4.78, 5) is 3.87. The molecular weight excluding hydrogens is 250 g/mol. The lowest BCUT2D eigenvalue weighted by Crippen LogP contribution is -1.82. The average molecular weight is 263 g/mol. The molecule has 0 radical (unpaired) electrons. The highest BCUT2D eigenvalue weighted by Gasteiger charge is 2.04. The Morgan fingerprint density at radius 1 is 0.650 bits per heavy atom. The van der Waals surface area contributed by atoms with Gasteiger partial charge in [0.1, 0.15) is 11.5 Å². The standard InChI is InChI=1S/C17H13NO2/c19-15-7-5-13(6-8-15)12-1-3-14(4-2-12)16-9-10-18-11-17(16)20/h1-11,19-20H. The number of phenols is 1. The Balaban J connectivity index is 1.96. The van der Waals surface area contributed by atoms with Gasteiger partial charge in [0.15, 0.2) is 0 Å². The summed E-state index contributed by atoms with van der Waals surface area (Å²) in [5.74, 6) is 0.428. The number of nitrogens with zero attached hydrogens (tertiary/aromatic N) is 1. The van der Waals surface area contributed by atoms with Crippen LogP contribution < -0.4 is 0 Å². The van der Waals surface area contributed by atoms with Crippen LogP contribution in [0.2, 0.25) is 0 Å². The van der Waals surface area contributed by atoms with E-state index in [-0.39, 0.29) is 11.5 Å². The summed E-state index contributed by atoms with van der Waals surface area (Å²) in [7, 11) is 0. The Labute approximate surface area is 116 Å². The van der Waals surface area contributed by atoms with Crippen molar-refractivity contribution in [2.45, 2.75) is 0 Å². The number of hydrogen-bond acceptors (Lipinski definition) is 3. The zero-order valence-corrected chi connectivity index (χ0v) is 10.7. The van der Waals surface area contributed by atoms with Gasteiger partial charge in [0.05, 0.1) is 6.20 Å². The van der Waals surface area contributed by atoms with Crippen molar-refractivity contribution >= 4 is 0 Å². The molecule has 0 fully saturated rings. The number of aromatic nitrogens is 1. The molecule has 0 aliphatic heterocycles. The second kappa shape index (κ2) is 5.05. The van der Waals surface area contributed by atoms with Crippen LogP contribution in [-0.2, 0) is 0 Å². The maximum Gasteiger partial charge on any atom is 0.141 e. The number of hydrogen-bond donors (Lipinski definition) is 2. The fourth-order valence-electron chi connectivity index (χ4n) is 2.13. The smallest absolute Gasteiger partial charge is 0.141 e. The minimum atomic E-state index is 0.171. The Morgan fingerprint density at radius 2 is 1.20 bits per heavy atom. The molecule has 2 N–H and O–H groups in total. The second-order valence-electron chi connectivity index (χ2n) is 4.52. The first kappa shape index (κ1) is 12.2. The highest BCUT2D eigenvalue weighted by molar-refractivity contribution is 5.73. The lowest BCUT2D eigenvalue weighted by molar-refractivity contribution is 0.474. The summed E-state index contributed by atoms with van der Waals surface area (Å²) >= 11 is 0. The van der Waals surface area contributed by atoms with Crippen molar-refractivity contribution in [1.82, 2.24) is 4.98 Å². The third-order valence-electron chi connectivity index (χ3n) is 3.20. The van der Waals surface area contributed by atoms with E-state index in [0.717, 1.165) is 22.3 Å². The van der Waals surface area contributed by atoms with Gasteiger partial charge >= 0.3 is 0 Å². The van der Waals surface area contributed by atoms with E-state index >= 15 is 0 Å². The minimum Gasteiger partial charge on any atom is -0.508 e. The van der Waals surface area contributed by atoms with Gasteiger partial charge in [0, 0.05) is 11.8 Å². The molecule has 0 atom stereocenters. The average Bonchev–Trinajstić information content (AvgIpc) is 2.49. The van der Waals surface area contributed by atoms with Gasteiger partial charge in [-0.15, -0.1) is 0 Å². The van der Waals surface area contributed by atoms with Crippen molar-refractivity contribution in [2.24, 2.45) is 0 Å². The van der Waals surface area contributed by atoms with E-state index < -0.39 is 0 Å². The van der Waals surface area contributed by atoms with Crippen molar-refractivity contribution < 1.29 is 10.2 Å². The highest BCUT2D eigenvalue weighted by Crippen LogP contribution is 2.30. The van der Waals surface area contributed by atoms with Gasteiger partial charge in [-0.2, -0.15) is 0 Å². The Kier molecular flexibility index (Phi) is 3.09. The van der Waals surface area contributed by atoms with Crippen LogP contribution in [0.4, 0.5) is 0 Å². The van der Waals surface area contributed by atoms with E-state index in [1.54, 1.807) is 24.4 Å². The molecule has 98 valence electrons. The van der Waals surface area contributed by atoms with Gasteiger partial charge in [-0.1, -0.05) is 36.4 Å². The molecule has 0 bridgehead atoms. The summed E-state index contributed by atoms with van der Waals surface area (Å²) in [6, 6.07) is 16.7. The molecule has 1 aromatic heterocycles. The highest BCUT2D eigenvalue weighted by atomic mass is 16.3. The third kappa shape index (κ3) is 2.34. The number of benzene rings is 2. The van der Waals surface area contributed by atoms with Gasteiger partial charge in [0.2, 0.25) is 0 Å². The fraction of sp³-hybridized carbons (Fsp3) is 0. The van der Waals surface area contributed by atoms with Crippen LogP contribution >= 0.6 is 0 Å². The topological polar surface area (TPSA) is 53.4 Å². The van der Waals surface area contributed by atoms with E-state index in [9.17, 15) is 10.2 Å². The minimum absolute atomic E-state index is 0.171. The maximum atomic E-state index is 9.79. The summed E-state index contributed by atoms with van der Waals surface area (Å²) < 4.78 is 0. The first-order chi connectivity index (χ1) is 9.74. The maximum absolute atomic E-state index is 9.79. The second-order valence-corrected chi connectivity index (χ2v) is 4.52. The fourth-order valence-corrected chi connectivity index (χ4v) is 2.13. The zero-order chi connectivity index (χ0) is 13.9. The van der Waals surface area contributed by atoms with E-state index in [4.69, 9.17) is 0 Å². The molecule has 3 nitrogen and oxygen atoms in total. The quantitative estimate of drug-likeness (QED) is 0.738. The zero-order valence-electron chi connectivity index (χ0n) is 10.7. The van der Waals surface area contributed by atoms with Crippen LogP contribution in [0, 0.1) is 0 Å². The van der Waals surface area contributed by atoms with Crippen molar-refractivity contribution in [3.05, 3.63) is 67.0 Å². The number of phenolic OH excluding ortho intramolecular Hbond substituents is 1. The molecule has 0 saturated heterocycles. The predicted molar refractivity (Wildman–Crippen MR) is 78.4 cm³/mol. The van der Waals surface area contributed by atoms with Crippen LogP contribution in [0.15, 0.2) is 67.0 Å². The summed E-state index contributed by atoms with van der Waals surface area (Å²) in [5.41, 5.74) is 3.79. The van der Waals surface area contributed by atoms with E-state index in [1.165, 1.54) is 6.20 Å². The molecule has 20 heavy (non-hydrogen) atoms. The number of pyridine rings is 1. The molecule has 0 spiro atoms. The predicted octanol–water partition coefficient (Wildman–Crippen LogP) is 3.83. The molecule has 0 aliphatic rings. The van der Waals surface area contributed by atoms with Crippen molar-refractivity contribution in [3.8, 4) is 33.8 Å². The van der Waals surface area contributed by atoms with Crippen LogP contribution in [0.5, 0.6) is 11.5 Å². The van der Waals surface area contributed by atoms with Crippen LogP contribution in [0.3, 0.4) is 0 Å². The molecule has 0 saturated carbocycles. The Morgan fingerprint density at radius 3 is 1.80 bits per heavy atom. The summed E-state index contributed by atoms with van der Waals surface area (Å²) in [6.45, 7) is 0. The first-order valence-corrected chi connectivity index (χ1v) is 6.27. The van der Waals surface area contributed by atoms with E-state index in [1.807, 2.05) is 36.4 Å². The molecule has 1 heterocycles. The molecule has 3 heteroatoms. The SMILES string of the molecule is Oc1ccc(-c2ccc(-c3ccncc3O)cc2)cc1. The van der Waals surface area contributed by atoms with Gasteiger partial charge in [-0.25, -0.2) is 0 Å². The molecule has 2 aromatic carbocycles. The first-order valence-electron chi connectivity index (χ1n) is 6.27. The van der Waals surface area contributed by atoms with E-state index in [2.05, 4.69) is 4.98 Å². The molecule has 0 unspecified atom stereocenters. The Hall–Kier alpha value is -2.81. The van der Waals surface area contributed by atoms with Gasteiger partial charge in [0.25, 0.3) is 0 Å². The van der Waals surface area contributed by atoms with Gasteiger partial charge in [-0.05, 0) is 34.9 Å². The van der Waals surface area contributed by atoms with Crippen LogP contribution in [0.25, 0.3) is 22.3 Å². The molecule has 0 amide bonds. The monoisotopic (exact) mass is 263 g/mol. The lowest BCUT2D eigenvalue weighted by atomic mass is 10.0. The van der Waals surface area contributed by atoms with E-state index in [0.29, 0.717) is 0 Å². The van der Waals surface area contributed by atoms with Gasteiger partial charge < -0.3 is 10.2 Å². The molecule has 0 aliphatic carbocycles. The van der Waals surface area contributed by atoms with Crippen molar-refractivity contribution in [1.29, 1.82) is 0 Å². The molecular formula is C17H13NO2. The largest absolute Gasteiger partial charge is 0.508 e. The normalized spacial score (nSPS) is 10.4. The lowest BCUT2D eigenvalue weighted by Gasteiger charge is -2.06. The third-order valence-corrected chi connectivity index (χ3v) is 3.20. The van der Waals surface area contributed by atoms with Crippen LogP contribution in [0.1, 0.15) is 0 Å². The molecule has 3 aromatic rings. The van der Waals surface area contributed by atoms with Crippen LogP contribution in [-0.4, -0.2) is 15.2 Å². The molecule has 3 rings (SSSR count). The Bertz CT molecular complexity index is 719. The van der Waals surface area contributed by atoms with Crippen molar-refractivity contribution in [3.63, 3.8) is 0 Å². The van der Waals surface area contributed by atoms with Crippen molar-refractivity contribution in [2.75, 3.05) is 0 Å². The number of aromatic hydroxyl groups is 2. The van der Waals surface area contributed by atoms with Gasteiger partial charge in [-0.3, -0.25) is 4.98 Å². The summed E-state index contributed by atoms with van der Waals surface area (Å²) in [6.07, 6.45) is 3.09.